The van der Waals surface area contributed by atoms with Gasteiger partial charge >= 0.3 is 0 Å². The number of nitrogens with zero attached hydrogens (tertiary/aromatic N) is 3. The molecular formula is C58H61N3O2. The van der Waals surface area contributed by atoms with Crippen LogP contribution in [0.15, 0.2) is 140 Å². The minimum absolute atomic E-state index is 0.0255. The molecule has 0 aliphatic rings. The molecular weight excluding hydrogens is 771 g/mol. The number of aromatic hydroxyl groups is 2. The monoisotopic (exact) mass is 831 g/mol. The number of benzene rings is 7. The molecule has 63 heavy (non-hydrogen) atoms. The van der Waals surface area contributed by atoms with Gasteiger partial charge in [-0.25, -0.2) is 0 Å². The van der Waals surface area contributed by atoms with Gasteiger partial charge in [-0.05, 0) is 159 Å². The largest absolute Gasteiger partial charge is 0.508 e. The van der Waals surface area contributed by atoms with Crippen LogP contribution in [-0.4, -0.2) is 19.3 Å². The van der Waals surface area contributed by atoms with Crippen LogP contribution in [0, 0.1) is 0 Å². The van der Waals surface area contributed by atoms with Crippen LogP contribution in [0.5, 0.6) is 11.5 Å². The molecule has 7 aromatic carbocycles. The lowest BCUT2D eigenvalue weighted by atomic mass is 9.85. The highest BCUT2D eigenvalue weighted by Gasteiger charge is 2.25. The van der Waals surface area contributed by atoms with E-state index in [1.807, 2.05) is 24.3 Å². The van der Waals surface area contributed by atoms with Gasteiger partial charge in [0.05, 0.1) is 39.1 Å². The maximum absolute atomic E-state index is 10.5. The molecule has 5 heteroatoms. The van der Waals surface area contributed by atoms with E-state index in [4.69, 9.17) is 0 Å². The Hall–Kier alpha value is -6.46. The fraction of sp³-hybridized carbons (Fsp3) is 0.276. The SMILES string of the molecule is CC(C)(C)c1ccc2c(c1)c1cc(C(C)(C)C)ccc1n2-c1cc(N(c2ccc(O)cc2)c2ccc(O)cc2)cc(-n2c3ccc(C(C)(C)C)cc3c3cc(C(C)(C)C)ccc32)c1. The van der Waals surface area contributed by atoms with E-state index in [9.17, 15) is 10.2 Å². The standard InChI is InChI=1S/C58H61N3O2/c1-55(2,3)36-13-25-51-47(29-36)48-30-37(56(4,5)6)14-26-52(48)60(51)43-33-42(59(40-17-21-45(62)22-18-40)41-19-23-46(63)24-20-41)34-44(35-43)61-53-27-15-38(57(7,8)9)31-49(53)50-32-39(58(10,11)12)16-28-54(50)61/h13-35,62-63H,1-12H3. The van der Waals surface area contributed by atoms with Crippen molar-refractivity contribution in [2.24, 2.45) is 0 Å². The van der Waals surface area contributed by atoms with Crippen LogP contribution >= 0.6 is 0 Å². The summed E-state index contributed by atoms with van der Waals surface area (Å²) in [4.78, 5) is 2.21. The van der Waals surface area contributed by atoms with Crippen molar-refractivity contribution in [3.63, 3.8) is 0 Å². The van der Waals surface area contributed by atoms with Crippen LogP contribution in [-0.2, 0) is 21.7 Å². The molecule has 0 spiro atoms. The molecule has 2 heterocycles. The normalized spacial score (nSPS) is 12.9. The van der Waals surface area contributed by atoms with E-state index in [0.29, 0.717) is 0 Å². The lowest BCUT2D eigenvalue weighted by Crippen LogP contribution is -2.12. The maximum Gasteiger partial charge on any atom is 0.115 e. The fourth-order valence-corrected chi connectivity index (χ4v) is 9.09. The lowest BCUT2D eigenvalue weighted by Gasteiger charge is -2.27. The summed E-state index contributed by atoms with van der Waals surface area (Å²) in [7, 11) is 0. The smallest absolute Gasteiger partial charge is 0.115 e. The highest BCUT2D eigenvalue weighted by atomic mass is 16.3. The summed E-state index contributed by atoms with van der Waals surface area (Å²) in [5, 5.41) is 25.9. The number of fused-ring (bicyclic) bond motifs is 6. The summed E-state index contributed by atoms with van der Waals surface area (Å²) in [5.41, 5.74) is 14.4. The Morgan fingerprint density at radius 3 is 0.841 bits per heavy atom. The molecule has 2 N–H and O–H groups in total. The molecule has 0 aliphatic heterocycles. The van der Waals surface area contributed by atoms with Gasteiger partial charge in [0.15, 0.2) is 0 Å². The zero-order valence-corrected chi connectivity index (χ0v) is 39.0. The third kappa shape index (κ3) is 7.52. The maximum atomic E-state index is 10.5. The Morgan fingerprint density at radius 1 is 0.317 bits per heavy atom. The van der Waals surface area contributed by atoms with Crippen molar-refractivity contribution >= 4 is 60.7 Å². The highest BCUT2D eigenvalue weighted by Crippen LogP contribution is 2.44. The van der Waals surface area contributed by atoms with Crippen molar-refractivity contribution < 1.29 is 10.2 Å². The van der Waals surface area contributed by atoms with Crippen molar-refractivity contribution in [3.05, 3.63) is 162 Å². The first-order chi connectivity index (χ1) is 29.6. The first kappa shape index (κ1) is 41.9. The number of phenols is 2. The Labute approximate surface area is 372 Å². The summed E-state index contributed by atoms with van der Waals surface area (Å²) in [6.45, 7) is 27.4. The second-order valence-corrected chi connectivity index (χ2v) is 21.7. The van der Waals surface area contributed by atoms with Gasteiger partial charge in [0.25, 0.3) is 0 Å². The highest BCUT2D eigenvalue weighted by molar-refractivity contribution is 6.11. The topological polar surface area (TPSA) is 53.6 Å². The van der Waals surface area contributed by atoms with E-state index in [2.05, 4.69) is 188 Å². The van der Waals surface area contributed by atoms with E-state index in [-0.39, 0.29) is 33.2 Å². The first-order valence-corrected chi connectivity index (χ1v) is 22.3. The van der Waals surface area contributed by atoms with Gasteiger partial charge in [-0.2, -0.15) is 0 Å². The molecule has 320 valence electrons. The molecule has 5 nitrogen and oxygen atoms in total. The number of phenolic OH excluding ortho intramolecular Hbond substituents is 2. The van der Waals surface area contributed by atoms with Crippen LogP contribution in [0.25, 0.3) is 55.0 Å². The molecule has 0 saturated carbocycles. The third-order valence-corrected chi connectivity index (χ3v) is 12.9. The zero-order valence-electron chi connectivity index (χ0n) is 39.0. The summed E-state index contributed by atoms with van der Waals surface area (Å²) < 4.78 is 4.87. The Morgan fingerprint density at radius 2 is 0.587 bits per heavy atom. The van der Waals surface area contributed by atoms with Gasteiger partial charge in [-0.15, -0.1) is 0 Å². The summed E-state index contributed by atoms with van der Waals surface area (Å²) in [6, 6.07) is 49.6. The summed E-state index contributed by atoms with van der Waals surface area (Å²) >= 11 is 0. The number of rotatable bonds is 5. The third-order valence-electron chi connectivity index (χ3n) is 12.9. The predicted molar refractivity (Wildman–Crippen MR) is 268 cm³/mol. The van der Waals surface area contributed by atoms with Crippen LogP contribution in [0.2, 0.25) is 0 Å². The summed E-state index contributed by atoms with van der Waals surface area (Å²) in [5.74, 6) is 0.394. The predicted octanol–water partition coefficient (Wildman–Crippen LogP) is 16.0. The number of hydrogen-bond donors (Lipinski definition) is 2. The van der Waals surface area contributed by atoms with Crippen LogP contribution in [0.4, 0.5) is 17.1 Å². The second kappa shape index (κ2) is 14.6. The van der Waals surface area contributed by atoms with E-state index in [0.717, 1.165) is 50.5 Å². The van der Waals surface area contributed by atoms with Crippen molar-refractivity contribution in [1.29, 1.82) is 0 Å². The average molecular weight is 832 g/mol. The van der Waals surface area contributed by atoms with Gasteiger partial charge < -0.3 is 24.2 Å². The average Bonchev–Trinajstić information content (AvgIpc) is 3.72. The van der Waals surface area contributed by atoms with Gasteiger partial charge in [0, 0.05) is 32.9 Å². The van der Waals surface area contributed by atoms with Crippen molar-refractivity contribution in [2.75, 3.05) is 4.90 Å². The second-order valence-electron chi connectivity index (χ2n) is 21.7. The van der Waals surface area contributed by atoms with Crippen LogP contribution < -0.4 is 4.90 Å². The molecule has 2 aromatic heterocycles. The quantitative estimate of drug-likeness (QED) is 0.182. The fourth-order valence-electron chi connectivity index (χ4n) is 9.09. The molecule has 0 radical (unpaired) electrons. The number of aromatic nitrogens is 2. The first-order valence-electron chi connectivity index (χ1n) is 22.3. The molecule has 0 bridgehead atoms. The van der Waals surface area contributed by atoms with Crippen LogP contribution in [0.3, 0.4) is 0 Å². The zero-order chi connectivity index (χ0) is 45.0. The molecule has 0 atom stereocenters. The lowest BCUT2D eigenvalue weighted by molar-refractivity contribution is 0.475. The van der Waals surface area contributed by atoms with Gasteiger partial charge in [-0.3, -0.25) is 0 Å². The molecule has 0 aliphatic carbocycles. The minimum atomic E-state index is -0.0255. The molecule has 0 saturated heterocycles. The number of anilines is 3. The van der Waals surface area contributed by atoms with E-state index >= 15 is 0 Å². The molecule has 9 aromatic rings. The van der Waals surface area contributed by atoms with Crippen LogP contribution in [0.1, 0.15) is 105 Å². The van der Waals surface area contributed by atoms with Crippen molar-refractivity contribution in [1.82, 2.24) is 9.13 Å². The Kier molecular flexibility index (Phi) is 9.67. The molecule has 0 amide bonds. The number of hydrogen-bond acceptors (Lipinski definition) is 3. The van der Waals surface area contributed by atoms with Gasteiger partial charge in [0.2, 0.25) is 0 Å². The van der Waals surface area contributed by atoms with Crippen molar-refractivity contribution in [3.8, 4) is 22.9 Å². The molecule has 0 unspecified atom stereocenters. The minimum Gasteiger partial charge on any atom is -0.508 e. The summed E-state index contributed by atoms with van der Waals surface area (Å²) in [6.07, 6.45) is 0. The molecule has 9 rings (SSSR count). The Bertz CT molecular complexity index is 2850. The van der Waals surface area contributed by atoms with Gasteiger partial charge in [0.1, 0.15) is 11.5 Å². The van der Waals surface area contributed by atoms with E-state index in [1.165, 1.54) is 43.8 Å². The Balaban J connectivity index is 1.43. The van der Waals surface area contributed by atoms with Gasteiger partial charge in [-0.1, -0.05) is 107 Å². The molecule has 0 fully saturated rings. The van der Waals surface area contributed by atoms with E-state index < -0.39 is 0 Å². The van der Waals surface area contributed by atoms with Crippen molar-refractivity contribution in [2.45, 2.75) is 105 Å². The van der Waals surface area contributed by atoms with E-state index in [1.54, 1.807) is 24.3 Å².